The Balaban J connectivity index is 0.968. The van der Waals surface area contributed by atoms with Gasteiger partial charge in [0, 0.05) is 54.5 Å². The first-order valence-electron chi connectivity index (χ1n) is 14.9. The molecule has 1 aromatic carbocycles. The molecule has 43 heavy (non-hydrogen) atoms. The van der Waals surface area contributed by atoms with Gasteiger partial charge in [0.05, 0.1) is 29.6 Å². The van der Waals surface area contributed by atoms with Crippen LogP contribution in [0.2, 0.25) is 0 Å². The topological polar surface area (TPSA) is 98.8 Å². The van der Waals surface area contributed by atoms with Crippen molar-refractivity contribution in [2.75, 3.05) is 44.2 Å². The van der Waals surface area contributed by atoms with Gasteiger partial charge < -0.3 is 19.9 Å². The molecular formula is C33H32FN7O2. The molecule has 2 unspecified atom stereocenters. The average Bonchev–Trinajstić information content (AvgIpc) is 3.68. The maximum absolute atomic E-state index is 14.0. The number of hydrogen-bond acceptors (Lipinski definition) is 7. The highest BCUT2D eigenvalue weighted by molar-refractivity contribution is 5.96. The number of carbonyl (C=O) groups excluding carboxylic acids is 1. The maximum Gasteiger partial charge on any atom is 0.254 e. The first-order chi connectivity index (χ1) is 20.9. The highest BCUT2D eigenvalue weighted by Gasteiger charge is 2.53. The zero-order chi connectivity index (χ0) is 29.3. The molecule has 0 bridgehead atoms. The number of nitrogens with zero attached hydrogens (tertiary/aromatic N) is 6. The Hall–Kier alpha value is -4.49. The van der Waals surface area contributed by atoms with Crippen LogP contribution in [-0.2, 0) is 0 Å². The summed E-state index contributed by atoms with van der Waals surface area (Å²) in [5.74, 6) is 2.54. The minimum Gasteiger partial charge on any atom is -0.489 e. The van der Waals surface area contributed by atoms with Gasteiger partial charge in [-0.15, -0.1) is 0 Å². The van der Waals surface area contributed by atoms with Gasteiger partial charge in [0.2, 0.25) is 0 Å². The smallest absolute Gasteiger partial charge is 0.254 e. The normalized spacial score (nSPS) is 23.6. The van der Waals surface area contributed by atoms with E-state index < -0.39 is 0 Å². The van der Waals surface area contributed by atoms with Crippen LogP contribution in [-0.4, -0.2) is 70.8 Å². The summed E-state index contributed by atoms with van der Waals surface area (Å²) in [7, 11) is 0. The third-order valence-electron chi connectivity index (χ3n) is 9.89. The van der Waals surface area contributed by atoms with Crippen LogP contribution >= 0.6 is 0 Å². The molecular weight excluding hydrogens is 545 g/mol. The van der Waals surface area contributed by atoms with Crippen LogP contribution in [0.3, 0.4) is 0 Å². The fraction of sp³-hybridized carbons (Fsp3) is 0.394. The number of fused-ring (bicyclic) bond motifs is 2. The Kier molecular flexibility index (Phi) is 5.95. The predicted octanol–water partition coefficient (Wildman–Crippen LogP) is 4.05. The van der Waals surface area contributed by atoms with Gasteiger partial charge in [-0.05, 0) is 80.6 Å². The van der Waals surface area contributed by atoms with Gasteiger partial charge >= 0.3 is 0 Å². The Bertz CT molecular complexity index is 1770. The van der Waals surface area contributed by atoms with Crippen molar-refractivity contribution < 1.29 is 13.9 Å². The fourth-order valence-corrected chi connectivity index (χ4v) is 7.64. The van der Waals surface area contributed by atoms with Crippen molar-refractivity contribution in [1.29, 1.82) is 5.26 Å². The van der Waals surface area contributed by atoms with E-state index in [9.17, 15) is 14.4 Å². The molecule has 3 aromatic heterocycles. The summed E-state index contributed by atoms with van der Waals surface area (Å²) in [4.78, 5) is 21.7. The van der Waals surface area contributed by atoms with Gasteiger partial charge in [0.15, 0.2) is 0 Å². The van der Waals surface area contributed by atoms with E-state index in [0.717, 1.165) is 67.2 Å². The summed E-state index contributed by atoms with van der Waals surface area (Å²) in [6.07, 6.45) is 7.61. The lowest BCUT2D eigenvalue weighted by atomic mass is 9.72. The number of amides is 1. The van der Waals surface area contributed by atoms with Gasteiger partial charge in [-0.2, -0.15) is 10.4 Å². The summed E-state index contributed by atoms with van der Waals surface area (Å²) < 4.78 is 22.2. The second kappa shape index (κ2) is 9.78. The second-order valence-corrected chi connectivity index (χ2v) is 12.8. The Morgan fingerprint density at radius 3 is 2.63 bits per heavy atom. The zero-order valence-electron chi connectivity index (χ0n) is 24.0. The van der Waals surface area contributed by atoms with E-state index in [-0.39, 0.29) is 23.2 Å². The number of nitriles is 1. The minimum absolute atomic E-state index is 0.0587. The van der Waals surface area contributed by atoms with Crippen molar-refractivity contribution >= 4 is 17.2 Å². The molecule has 1 amide bonds. The van der Waals surface area contributed by atoms with Crippen molar-refractivity contribution in [1.82, 2.24) is 24.8 Å². The van der Waals surface area contributed by atoms with Crippen LogP contribution < -0.4 is 15.0 Å². The molecule has 3 saturated heterocycles. The number of ether oxygens (including phenoxy) is 1. The Morgan fingerprint density at radius 1 is 1.12 bits per heavy atom. The van der Waals surface area contributed by atoms with E-state index >= 15 is 0 Å². The lowest BCUT2D eigenvalue weighted by Gasteiger charge is -2.60. The number of likely N-dealkylation sites (tertiary alicyclic amines) is 1. The average molecular weight is 578 g/mol. The number of pyridine rings is 2. The van der Waals surface area contributed by atoms with Crippen LogP contribution in [0.15, 0.2) is 55.0 Å². The lowest BCUT2D eigenvalue weighted by molar-refractivity contribution is -0.0108. The van der Waals surface area contributed by atoms with Gasteiger partial charge in [0.25, 0.3) is 5.91 Å². The van der Waals surface area contributed by atoms with Crippen molar-refractivity contribution in [2.24, 2.45) is 17.3 Å². The van der Waals surface area contributed by atoms with Crippen LogP contribution in [0.5, 0.6) is 5.75 Å². The molecule has 3 aliphatic heterocycles. The summed E-state index contributed by atoms with van der Waals surface area (Å²) in [6, 6.07) is 13.0. The number of rotatable bonds is 5. The molecule has 4 fully saturated rings. The number of carbonyl (C=O) groups is 1. The van der Waals surface area contributed by atoms with Crippen molar-refractivity contribution in [3.8, 4) is 22.9 Å². The molecule has 0 radical (unpaired) electrons. The molecule has 2 atom stereocenters. The first kappa shape index (κ1) is 26.2. The van der Waals surface area contributed by atoms with E-state index in [4.69, 9.17) is 9.72 Å². The number of benzene rings is 1. The van der Waals surface area contributed by atoms with Crippen molar-refractivity contribution in [2.45, 2.75) is 25.9 Å². The van der Waals surface area contributed by atoms with Gasteiger partial charge in [0.1, 0.15) is 23.5 Å². The van der Waals surface area contributed by atoms with Crippen LogP contribution in [0.1, 0.15) is 34.3 Å². The third kappa shape index (κ3) is 4.33. The standard InChI is InChI=1S/C33H32FN7O2/c1-20-27(3-2-4-29(20)34)32(42)40-18-33(19-40)16-39(17-33)30-6-5-21(13-37-30)28-9-26(15-41-31(28)24(10-35)14-38-41)43-25-7-22-11-36-12-23(22)8-25/h2-6,9,13-15,22-23,25,36H,7-8,11-12,16-19H2,1H3. The van der Waals surface area contributed by atoms with Crippen LogP contribution in [0.4, 0.5) is 10.2 Å². The SMILES string of the molecule is Cc1c(F)cccc1C(=O)N1CC2(C1)CN(c1ccc(-c3cc(OC4CC5CNCC5C4)cn4ncc(C#N)c34)cn1)C2. The maximum atomic E-state index is 14.0. The summed E-state index contributed by atoms with van der Waals surface area (Å²) in [6.45, 7) is 6.76. The quantitative estimate of drug-likeness (QED) is 0.382. The van der Waals surface area contributed by atoms with Crippen LogP contribution in [0.25, 0.3) is 16.6 Å². The molecule has 6 heterocycles. The number of halogens is 1. The number of aromatic nitrogens is 3. The molecule has 1 N–H and O–H groups in total. The largest absolute Gasteiger partial charge is 0.489 e. The number of nitrogens with one attached hydrogen (secondary N) is 1. The molecule has 4 aliphatic rings. The summed E-state index contributed by atoms with van der Waals surface area (Å²) >= 11 is 0. The molecule has 1 spiro atoms. The highest BCUT2D eigenvalue weighted by Crippen LogP contribution is 2.43. The number of anilines is 1. The third-order valence-corrected chi connectivity index (χ3v) is 9.89. The molecule has 218 valence electrons. The Labute approximate surface area is 248 Å². The van der Waals surface area contributed by atoms with E-state index in [1.165, 1.54) is 6.07 Å². The van der Waals surface area contributed by atoms with E-state index in [1.807, 2.05) is 35.5 Å². The van der Waals surface area contributed by atoms with Gasteiger partial charge in [-0.1, -0.05) is 6.07 Å². The zero-order valence-corrected chi connectivity index (χ0v) is 24.0. The highest BCUT2D eigenvalue weighted by atomic mass is 19.1. The molecule has 10 heteroatoms. The van der Waals surface area contributed by atoms with Crippen molar-refractivity contribution in [3.05, 3.63) is 77.5 Å². The second-order valence-electron chi connectivity index (χ2n) is 12.8. The molecule has 8 rings (SSSR count). The van der Waals surface area contributed by atoms with E-state index in [1.54, 1.807) is 29.8 Å². The molecule has 1 aliphatic carbocycles. The molecule has 1 saturated carbocycles. The minimum atomic E-state index is -0.351. The van der Waals surface area contributed by atoms with E-state index in [0.29, 0.717) is 41.6 Å². The fourth-order valence-electron chi connectivity index (χ4n) is 7.64. The summed E-state index contributed by atoms with van der Waals surface area (Å²) in [5, 5.41) is 17.7. The first-order valence-corrected chi connectivity index (χ1v) is 14.9. The van der Waals surface area contributed by atoms with E-state index in [2.05, 4.69) is 21.4 Å². The van der Waals surface area contributed by atoms with Gasteiger partial charge in [-0.25, -0.2) is 13.9 Å². The van der Waals surface area contributed by atoms with Crippen molar-refractivity contribution in [3.63, 3.8) is 0 Å². The summed E-state index contributed by atoms with van der Waals surface area (Å²) in [5.41, 5.74) is 3.91. The number of hydrogen-bond donors (Lipinski definition) is 1. The molecule has 9 nitrogen and oxygen atoms in total. The molecule has 4 aromatic rings. The monoisotopic (exact) mass is 577 g/mol. The van der Waals surface area contributed by atoms with Gasteiger partial charge in [-0.3, -0.25) is 4.79 Å². The van der Waals surface area contributed by atoms with Crippen LogP contribution in [0, 0.1) is 41.3 Å². The predicted molar refractivity (Wildman–Crippen MR) is 158 cm³/mol. The lowest BCUT2D eigenvalue weighted by Crippen LogP contribution is -2.73. The Morgan fingerprint density at radius 2 is 1.91 bits per heavy atom.